The second-order valence-electron chi connectivity index (χ2n) is 5.72. The molecule has 0 spiro atoms. The van der Waals surface area contributed by atoms with Gasteiger partial charge in [-0.05, 0) is 45.3 Å². The summed E-state index contributed by atoms with van der Waals surface area (Å²) >= 11 is 0. The zero-order chi connectivity index (χ0) is 14.9. The van der Waals surface area contributed by atoms with Crippen LogP contribution in [0.2, 0.25) is 0 Å². The summed E-state index contributed by atoms with van der Waals surface area (Å²) in [5.41, 5.74) is 1.57. The number of carboxylic acids is 1. The molecule has 1 aromatic heterocycles. The Labute approximate surface area is 119 Å². The Balaban J connectivity index is 2.25. The molecule has 20 heavy (non-hydrogen) atoms. The van der Waals surface area contributed by atoms with E-state index in [0.29, 0.717) is 23.0 Å². The molecule has 2 atom stereocenters. The highest BCUT2D eigenvalue weighted by atomic mass is 16.4. The number of rotatable bonds is 3. The van der Waals surface area contributed by atoms with Gasteiger partial charge in [-0.2, -0.15) is 5.10 Å². The van der Waals surface area contributed by atoms with Gasteiger partial charge in [-0.3, -0.25) is 0 Å². The quantitative estimate of drug-likeness (QED) is 0.873. The Morgan fingerprint density at radius 1 is 1.40 bits per heavy atom. The Hall–Kier alpha value is -1.69. The van der Waals surface area contributed by atoms with Gasteiger partial charge in [0, 0.05) is 12.6 Å². The topological polar surface area (TPSA) is 78.4 Å². The van der Waals surface area contributed by atoms with E-state index in [0.717, 1.165) is 19.5 Å². The third-order valence-electron chi connectivity index (χ3n) is 4.10. The first-order valence-corrected chi connectivity index (χ1v) is 6.92. The van der Waals surface area contributed by atoms with Crippen molar-refractivity contribution in [2.75, 3.05) is 25.5 Å². The molecule has 1 aliphatic heterocycles. The van der Waals surface area contributed by atoms with Crippen LogP contribution in [0.25, 0.3) is 0 Å². The minimum absolute atomic E-state index is 0.237. The number of aromatic nitrogens is 2. The zero-order valence-electron chi connectivity index (χ0n) is 12.5. The number of anilines is 1. The summed E-state index contributed by atoms with van der Waals surface area (Å²) in [6.45, 7) is 7.72. The van der Waals surface area contributed by atoms with E-state index in [1.54, 1.807) is 13.8 Å². The van der Waals surface area contributed by atoms with Gasteiger partial charge in [-0.15, -0.1) is 5.10 Å². The lowest BCUT2D eigenvalue weighted by Crippen LogP contribution is -2.43. The van der Waals surface area contributed by atoms with Crippen LogP contribution in [0.5, 0.6) is 0 Å². The molecule has 2 N–H and O–H groups in total. The van der Waals surface area contributed by atoms with E-state index in [1.165, 1.54) is 0 Å². The van der Waals surface area contributed by atoms with E-state index >= 15 is 0 Å². The van der Waals surface area contributed by atoms with Gasteiger partial charge < -0.3 is 15.3 Å². The summed E-state index contributed by atoms with van der Waals surface area (Å²) in [5, 5.41) is 20.8. The zero-order valence-corrected chi connectivity index (χ0v) is 12.5. The van der Waals surface area contributed by atoms with E-state index in [4.69, 9.17) is 0 Å². The largest absolute Gasteiger partial charge is 0.478 e. The molecule has 0 bridgehead atoms. The summed E-state index contributed by atoms with van der Waals surface area (Å²) in [4.78, 5) is 13.7. The molecule has 1 fully saturated rings. The van der Waals surface area contributed by atoms with Crippen molar-refractivity contribution in [1.82, 2.24) is 15.1 Å². The molecule has 0 aliphatic carbocycles. The fourth-order valence-corrected chi connectivity index (χ4v) is 2.72. The predicted octanol–water partition coefficient (Wildman–Crippen LogP) is 1.54. The normalized spacial score (nSPS) is 23.6. The van der Waals surface area contributed by atoms with Gasteiger partial charge in [-0.25, -0.2) is 4.79 Å². The Morgan fingerprint density at radius 3 is 2.70 bits per heavy atom. The van der Waals surface area contributed by atoms with Gasteiger partial charge >= 0.3 is 5.97 Å². The summed E-state index contributed by atoms with van der Waals surface area (Å²) in [5.74, 6) is -0.121. The molecule has 1 aromatic rings. The molecule has 0 aromatic carbocycles. The molecule has 0 amide bonds. The number of nitrogens with zero attached hydrogens (tertiary/aromatic N) is 3. The molecule has 0 saturated carbocycles. The maximum Gasteiger partial charge on any atom is 0.339 e. The molecular weight excluding hydrogens is 256 g/mol. The van der Waals surface area contributed by atoms with Crippen molar-refractivity contribution < 1.29 is 9.90 Å². The lowest BCUT2D eigenvalue weighted by molar-refractivity contribution is 0.0696. The molecule has 6 heteroatoms. The Morgan fingerprint density at radius 2 is 2.10 bits per heavy atom. The van der Waals surface area contributed by atoms with Crippen LogP contribution >= 0.6 is 0 Å². The summed E-state index contributed by atoms with van der Waals surface area (Å²) in [7, 11) is 2.10. The van der Waals surface area contributed by atoms with E-state index in [2.05, 4.69) is 34.4 Å². The van der Waals surface area contributed by atoms with Crippen LogP contribution in [0.3, 0.4) is 0 Å². The maximum atomic E-state index is 11.5. The van der Waals surface area contributed by atoms with E-state index in [-0.39, 0.29) is 11.6 Å². The maximum absolute atomic E-state index is 11.5. The van der Waals surface area contributed by atoms with Crippen molar-refractivity contribution in [3.05, 3.63) is 16.8 Å². The molecule has 0 radical (unpaired) electrons. The average molecular weight is 278 g/mol. The van der Waals surface area contributed by atoms with Gasteiger partial charge in [0.25, 0.3) is 0 Å². The molecule has 6 nitrogen and oxygen atoms in total. The van der Waals surface area contributed by atoms with Crippen molar-refractivity contribution >= 4 is 11.8 Å². The van der Waals surface area contributed by atoms with Crippen LogP contribution in [-0.4, -0.2) is 52.4 Å². The fraction of sp³-hybridized carbons (Fsp3) is 0.643. The van der Waals surface area contributed by atoms with Crippen molar-refractivity contribution in [1.29, 1.82) is 0 Å². The highest BCUT2D eigenvalue weighted by Gasteiger charge is 2.27. The van der Waals surface area contributed by atoms with E-state index < -0.39 is 5.97 Å². The smallest absolute Gasteiger partial charge is 0.339 e. The monoisotopic (exact) mass is 278 g/mol. The van der Waals surface area contributed by atoms with Gasteiger partial charge in [0.2, 0.25) is 0 Å². The second kappa shape index (κ2) is 5.75. The number of hydrogen-bond donors (Lipinski definition) is 2. The molecule has 2 unspecified atom stereocenters. The number of aromatic carboxylic acids is 1. The van der Waals surface area contributed by atoms with Crippen LogP contribution in [0, 0.1) is 19.8 Å². The van der Waals surface area contributed by atoms with E-state index in [9.17, 15) is 9.90 Å². The summed E-state index contributed by atoms with van der Waals surface area (Å²) < 4.78 is 0. The van der Waals surface area contributed by atoms with E-state index in [1.807, 2.05) is 0 Å². The van der Waals surface area contributed by atoms with Crippen molar-refractivity contribution in [3.8, 4) is 0 Å². The lowest BCUT2D eigenvalue weighted by atomic mass is 9.94. The summed E-state index contributed by atoms with van der Waals surface area (Å²) in [6, 6.07) is 0.237. The molecule has 2 heterocycles. The van der Waals surface area contributed by atoms with Crippen molar-refractivity contribution in [3.63, 3.8) is 0 Å². The SMILES string of the molecule is Cc1nnc(NC2CCN(C)CC2C)c(C(=O)O)c1C. The number of carbonyl (C=O) groups is 1. The molecule has 2 rings (SSSR count). The van der Waals surface area contributed by atoms with Gasteiger partial charge in [0.15, 0.2) is 5.82 Å². The molecule has 1 saturated heterocycles. The minimum Gasteiger partial charge on any atom is -0.478 e. The first kappa shape index (κ1) is 14.7. The third kappa shape index (κ3) is 2.90. The number of hydrogen-bond acceptors (Lipinski definition) is 5. The van der Waals surface area contributed by atoms with Gasteiger partial charge in [0.05, 0.1) is 5.69 Å². The first-order chi connectivity index (χ1) is 9.40. The highest BCUT2D eigenvalue weighted by Crippen LogP contribution is 2.23. The van der Waals surface area contributed by atoms with Gasteiger partial charge in [0.1, 0.15) is 5.56 Å². The number of carboxylic acid groups (broad SMARTS) is 1. The highest BCUT2D eigenvalue weighted by molar-refractivity contribution is 5.94. The predicted molar refractivity (Wildman–Crippen MR) is 77.2 cm³/mol. The number of aryl methyl sites for hydroxylation is 1. The summed E-state index contributed by atoms with van der Waals surface area (Å²) in [6.07, 6.45) is 0.978. The number of nitrogens with one attached hydrogen (secondary N) is 1. The van der Waals surface area contributed by atoms with Crippen LogP contribution in [0.4, 0.5) is 5.82 Å². The molecule has 1 aliphatic rings. The second-order valence-corrected chi connectivity index (χ2v) is 5.72. The fourth-order valence-electron chi connectivity index (χ4n) is 2.72. The lowest BCUT2D eigenvalue weighted by Gasteiger charge is -2.35. The first-order valence-electron chi connectivity index (χ1n) is 6.92. The van der Waals surface area contributed by atoms with Crippen molar-refractivity contribution in [2.24, 2.45) is 5.92 Å². The van der Waals surface area contributed by atoms with Crippen LogP contribution in [0.1, 0.15) is 35.0 Å². The van der Waals surface area contributed by atoms with Crippen LogP contribution in [0.15, 0.2) is 0 Å². The molecular formula is C14H22N4O2. The third-order valence-corrected chi connectivity index (χ3v) is 4.10. The molecule has 110 valence electrons. The number of piperidine rings is 1. The van der Waals surface area contributed by atoms with Crippen LogP contribution < -0.4 is 5.32 Å². The standard InChI is InChI=1S/C14H22N4O2/c1-8-7-18(4)6-5-11(8)15-13-12(14(19)20)9(2)10(3)16-17-13/h8,11H,5-7H2,1-4H3,(H,15,17)(H,19,20). The Bertz CT molecular complexity index is 518. The Kier molecular flexibility index (Phi) is 4.23. The van der Waals surface area contributed by atoms with Crippen LogP contribution in [-0.2, 0) is 0 Å². The average Bonchev–Trinajstić information content (AvgIpc) is 2.36. The minimum atomic E-state index is -0.955. The number of likely N-dealkylation sites (tertiary alicyclic amines) is 1. The van der Waals surface area contributed by atoms with Gasteiger partial charge in [-0.1, -0.05) is 6.92 Å². The van der Waals surface area contributed by atoms with Crippen molar-refractivity contribution in [2.45, 2.75) is 33.2 Å².